The van der Waals surface area contributed by atoms with E-state index in [-0.39, 0.29) is 5.78 Å². The van der Waals surface area contributed by atoms with Crippen molar-refractivity contribution in [3.63, 3.8) is 0 Å². The number of aromatic nitrogens is 2. The minimum Gasteiger partial charge on any atom is -0.368 e. The minimum atomic E-state index is 0.0834. The Morgan fingerprint density at radius 3 is 2.27 bits per heavy atom. The lowest BCUT2D eigenvalue weighted by Crippen LogP contribution is -2.46. The van der Waals surface area contributed by atoms with Crippen molar-refractivity contribution >= 4 is 34.9 Å². The average molecular weight is 546 g/mol. The van der Waals surface area contributed by atoms with E-state index in [4.69, 9.17) is 0 Å². The highest BCUT2D eigenvalue weighted by Gasteiger charge is 2.18. The molecule has 1 aliphatic heterocycles. The van der Waals surface area contributed by atoms with Crippen molar-refractivity contribution < 1.29 is 9.59 Å². The van der Waals surface area contributed by atoms with Crippen LogP contribution in [-0.2, 0) is 11.2 Å². The van der Waals surface area contributed by atoms with Crippen LogP contribution in [-0.4, -0.2) is 47.8 Å². The number of rotatable bonds is 7. The molecule has 0 bridgehead atoms. The lowest BCUT2D eigenvalue weighted by Gasteiger charge is -2.36. The van der Waals surface area contributed by atoms with E-state index in [1.54, 1.807) is 6.92 Å². The molecule has 1 N–H and O–H groups in total. The average Bonchev–Trinajstić information content (AvgIpc) is 3.43. The van der Waals surface area contributed by atoms with Crippen LogP contribution in [0.25, 0.3) is 16.6 Å². The van der Waals surface area contributed by atoms with Crippen molar-refractivity contribution in [3.8, 4) is 11.1 Å². The van der Waals surface area contributed by atoms with Crippen LogP contribution in [0.1, 0.15) is 29.9 Å². The van der Waals surface area contributed by atoms with Gasteiger partial charge in [-0.1, -0.05) is 43.3 Å². The molecule has 0 unspecified atom stereocenters. The number of ketones is 1. The summed E-state index contributed by atoms with van der Waals surface area (Å²) in [6.45, 7) is 7.65. The number of nitrogens with one attached hydrogen (secondary N) is 1. The topological polar surface area (TPSA) is 70.0 Å². The van der Waals surface area contributed by atoms with Crippen LogP contribution in [0.3, 0.4) is 0 Å². The first-order valence-electron chi connectivity index (χ1n) is 14.0. The molecule has 0 atom stereocenters. The number of carbonyl (C=O) groups is 2. The van der Waals surface area contributed by atoms with Crippen LogP contribution in [0.4, 0.5) is 17.2 Å². The molecule has 3 aromatic heterocycles. The first kappa shape index (κ1) is 27.6. The van der Waals surface area contributed by atoms with Crippen LogP contribution in [0.15, 0.2) is 103 Å². The van der Waals surface area contributed by atoms with Crippen molar-refractivity contribution in [1.29, 1.82) is 0 Å². The molecule has 1 fully saturated rings. The first-order chi connectivity index (χ1) is 20.1. The molecule has 208 valence electrons. The summed E-state index contributed by atoms with van der Waals surface area (Å²) in [5.74, 6) is 1.16. The van der Waals surface area contributed by atoms with Gasteiger partial charge in [0.15, 0.2) is 5.78 Å². The van der Waals surface area contributed by atoms with Gasteiger partial charge in [-0.15, -0.1) is 0 Å². The second kappa shape index (κ2) is 13.0. The van der Waals surface area contributed by atoms with Crippen LogP contribution in [0.2, 0.25) is 0 Å². The second-order valence-corrected chi connectivity index (χ2v) is 9.98. The molecule has 6 rings (SSSR count). The van der Waals surface area contributed by atoms with Gasteiger partial charge < -0.3 is 19.5 Å². The summed E-state index contributed by atoms with van der Waals surface area (Å²) in [6, 6.07) is 30.2. The zero-order valence-corrected chi connectivity index (χ0v) is 23.5. The number of fused-ring (bicyclic) bond motifs is 1. The van der Waals surface area contributed by atoms with E-state index >= 15 is 0 Å². The quantitative estimate of drug-likeness (QED) is 0.191. The van der Waals surface area contributed by atoms with Crippen molar-refractivity contribution in [3.05, 3.63) is 115 Å². The fourth-order valence-corrected chi connectivity index (χ4v) is 5.20. The summed E-state index contributed by atoms with van der Waals surface area (Å²) in [5, 5.41) is 2.66. The van der Waals surface area contributed by atoms with E-state index in [2.05, 4.69) is 57.4 Å². The van der Waals surface area contributed by atoms with Gasteiger partial charge in [-0.3, -0.25) is 9.59 Å². The van der Waals surface area contributed by atoms with Crippen molar-refractivity contribution in [2.75, 3.05) is 41.3 Å². The highest BCUT2D eigenvalue weighted by atomic mass is 16.1. The van der Waals surface area contributed by atoms with Gasteiger partial charge in [0.25, 0.3) is 0 Å². The zero-order valence-electron chi connectivity index (χ0n) is 23.5. The molecule has 2 aromatic carbocycles. The molecule has 0 aliphatic carbocycles. The SMILES string of the molecule is CC(=O)c1c(-c2ccccc2)cc2ccccn12.CCc1ccnc(N2CCN(c3ccc(NC=O)cc3)CC2)c1. The number of carbonyl (C=O) groups excluding carboxylic acids is 2. The van der Waals surface area contributed by atoms with Gasteiger partial charge in [-0.2, -0.15) is 0 Å². The fourth-order valence-electron chi connectivity index (χ4n) is 5.20. The summed E-state index contributed by atoms with van der Waals surface area (Å²) in [6.07, 6.45) is 5.57. The summed E-state index contributed by atoms with van der Waals surface area (Å²) >= 11 is 0. The number of benzene rings is 2. The molecule has 1 amide bonds. The lowest BCUT2D eigenvalue weighted by molar-refractivity contribution is -0.105. The molecule has 0 saturated carbocycles. The Morgan fingerprint density at radius 2 is 1.59 bits per heavy atom. The molecule has 1 saturated heterocycles. The Morgan fingerprint density at radius 1 is 0.878 bits per heavy atom. The zero-order chi connectivity index (χ0) is 28.6. The Bertz CT molecular complexity index is 1600. The Hall–Kier alpha value is -4.91. The molecule has 0 spiro atoms. The van der Waals surface area contributed by atoms with Gasteiger partial charge >= 0.3 is 0 Å². The van der Waals surface area contributed by atoms with Gasteiger partial charge in [0.2, 0.25) is 6.41 Å². The van der Waals surface area contributed by atoms with Crippen LogP contribution < -0.4 is 15.1 Å². The van der Waals surface area contributed by atoms with E-state index in [0.717, 1.165) is 66.4 Å². The van der Waals surface area contributed by atoms with Gasteiger partial charge in [0, 0.05) is 68.0 Å². The number of hydrogen-bond donors (Lipinski definition) is 1. The molecular weight excluding hydrogens is 510 g/mol. The second-order valence-electron chi connectivity index (χ2n) is 9.98. The predicted molar refractivity (Wildman–Crippen MR) is 167 cm³/mol. The van der Waals surface area contributed by atoms with Gasteiger partial charge in [-0.25, -0.2) is 4.98 Å². The number of nitrogens with zero attached hydrogens (tertiary/aromatic N) is 4. The Kier molecular flexibility index (Phi) is 8.74. The van der Waals surface area contributed by atoms with Gasteiger partial charge in [0.1, 0.15) is 5.82 Å². The molecule has 7 heteroatoms. The van der Waals surface area contributed by atoms with E-state index in [1.807, 2.05) is 77.5 Å². The maximum atomic E-state index is 11.9. The lowest BCUT2D eigenvalue weighted by atomic mass is 10.0. The standard InChI is InChI=1S/C18H22N4O.C16H13NO/c1-2-15-7-8-19-18(13-15)22-11-9-21(10-12-22)17-5-3-16(4-6-17)20-14-23;1-12(18)16-15(13-7-3-2-4-8-13)11-14-9-5-6-10-17(14)16/h3-8,13-14H,2,9-12H2,1H3,(H,20,23);2-11H,1H3. The maximum absolute atomic E-state index is 11.9. The number of aryl methyl sites for hydroxylation is 1. The van der Waals surface area contributed by atoms with E-state index < -0.39 is 0 Å². The summed E-state index contributed by atoms with van der Waals surface area (Å²) in [7, 11) is 0. The number of amides is 1. The number of hydrogen-bond acceptors (Lipinski definition) is 5. The van der Waals surface area contributed by atoms with Gasteiger partial charge in [-0.05, 0) is 72.1 Å². The highest BCUT2D eigenvalue weighted by Crippen LogP contribution is 2.28. The summed E-state index contributed by atoms with van der Waals surface area (Å²) in [5.41, 5.74) is 7.20. The van der Waals surface area contributed by atoms with E-state index in [0.29, 0.717) is 6.41 Å². The number of pyridine rings is 2. The molecule has 1 aliphatic rings. The smallest absolute Gasteiger partial charge is 0.211 e. The third-order valence-electron chi connectivity index (χ3n) is 7.38. The normalized spacial score (nSPS) is 12.9. The van der Waals surface area contributed by atoms with Crippen LogP contribution in [0.5, 0.6) is 0 Å². The Labute approximate surface area is 241 Å². The van der Waals surface area contributed by atoms with Crippen LogP contribution >= 0.6 is 0 Å². The molecular formula is C34H35N5O2. The Balaban J connectivity index is 0.000000169. The molecule has 5 aromatic rings. The fraction of sp³-hybridized carbons (Fsp3) is 0.206. The molecule has 41 heavy (non-hydrogen) atoms. The number of Topliss-reactive ketones (excluding diaryl/α,β-unsaturated/α-hetero) is 1. The molecule has 0 radical (unpaired) electrons. The van der Waals surface area contributed by atoms with Crippen LogP contribution in [0, 0.1) is 0 Å². The molecule has 4 heterocycles. The molecule has 7 nitrogen and oxygen atoms in total. The summed E-state index contributed by atoms with van der Waals surface area (Å²) < 4.78 is 1.95. The number of anilines is 3. The highest BCUT2D eigenvalue weighted by molar-refractivity contribution is 6.01. The number of piperazine rings is 1. The van der Waals surface area contributed by atoms with E-state index in [9.17, 15) is 9.59 Å². The van der Waals surface area contributed by atoms with E-state index in [1.165, 1.54) is 11.3 Å². The monoisotopic (exact) mass is 545 g/mol. The third kappa shape index (κ3) is 6.47. The summed E-state index contributed by atoms with van der Waals surface area (Å²) in [4.78, 5) is 31.6. The largest absolute Gasteiger partial charge is 0.368 e. The first-order valence-corrected chi connectivity index (χ1v) is 14.0. The van der Waals surface area contributed by atoms with Crippen molar-refractivity contribution in [2.24, 2.45) is 0 Å². The third-order valence-corrected chi connectivity index (χ3v) is 7.38. The van der Waals surface area contributed by atoms with Crippen molar-refractivity contribution in [1.82, 2.24) is 9.38 Å². The van der Waals surface area contributed by atoms with Gasteiger partial charge in [0.05, 0.1) is 5.69 Å². The minimum absolute atomic E-state index is 0.0834. The van der Waals surface area contributed by atoms with Crippen molar-refractivity contribution in [2.45, 2.75) is 20.3 Å². The maximum Gasteiger partial charge on any atom is 0.211 e. The predicted octanol–water partition coefficient (Wildman–Crippen LogP) is 6.35.